The Hall–Kier alpha value is -2.17. The van der Waals surface area contributed by atoms with Crippen LogP contribution < -0.4 is 5.56 Å². The van der Waals surface area contributed by atoms with Crippen molar-refractivity contribution >= 4 is 16.9 Å². The summed E-state index contributed by atoms with van der Waals surface area (Å²) in [5, 5.41) is 0.495. The monoisotopic (exact) mass is 275 g/mol. The molecule has 5 heteroatoms. The molecule has 0 atom stereocenters. The van der Waals surface area contributed by atoms with Gasteiger partial charge in [-0.25, -0.2) is 9.18 Å². The molecule has 1 saturated carbocycles. The van der Waals surface area contributed by atoms with Gasteiger partial charge in [-0.3, -0.25) is 4.79 Å². The number of fused-ring (bicyclic) bond motifs is 1. The first-order chi connectivity index (χ1) is 9.60. The van der Waals surface area contributed by atoms with Crippen molar-refractivity contribution in [3.63, 3.8) is 0 Å². The number of nitrogens with one attached hydrogen (secondary N) is 1. The molecule has 0 spiro atoms. The first kappa shape index (κ1) is 12.8. The second kappa shape index (κ2) is 4.74. The van der Waals surface area contributed by atoms with Crippen LogP contribution in [0.2, 0.25) is 0 Å². The van der Waals surface area contributed by atoms with Crippen LogP contribution in [0.15, 0.2) is 23.0 Å². The molecule has 20 heavy (non-hydrogen) atoms. The quantitative estimate of drug-likeness (QED) is 0.876. The predicted molar refractivity (Wildman–Crippen MR) is 72.5 cm³/mol. The number of aromatic amines is 1. The standard InChI is InChI=1S/C15H14FNO3/c1-2-20-15(19)11-5-9-6-12(16)10(8-3-4-8)7-13(9)17-14(11)18/h5-8H,2-4H2,1H3,(H,17,18). The van der Waals surface area contributed by atoms with Gasteiger partial charge < -0.3 is 9.72 Å². The van der Waals surface area contributed by atoms with Crippen LogP contribution in [0.1, 0.15) is 41.6 Å². The van der Waals surface area contributed by atoms with E-state index in [1.807, 2.05) is 0 Å². The molecule has 104 valence electrons. The highest BCUT2D eigenvalue weighted by atomic mass is 19.1. The van der Waals surface area contributed by atoms with Crippen LogP contribution in [0.5, 0.6) is 0 Å². The first-order valence-corrected chi connectivity index (χ1v) is 6.63. The number of carbonyl (C=O) groups is 1. The number of ether oxygens (including phenoxy) is 1. The van der Waals surface area contributed by atoms with Crippen molar-refractivity contribution in [3.05, 3.63) is 45.5 Å². The number of esters is 1. The van der Waals surface area contributed by atoms with E-state index in [4.69, 9.17) is 4.74 Å². The fourth-order valence-corrected chi connectivity index (χ4v) is 2.31. The summed E-state index contributed by atoms with van der Waals surface area (Å²) in [5.74, 6) is -0.725. The zero-order valence-electron chi connectivity index (χ0n) is 11.0. The molecule has 0 saturated heterocycles. The molecule has 0 unspecified atom stereocenters. The molecule has 1 aliphatic rings. The summed E-state index contributed by atoms with van der Waals surface area (Å²) < 4.78 is 18.8. The maximum atomic E-state index is 14.0. The molecule has 0 bridgehead atoms. The molecule has 0 aliphatic heterocycles. The van der Waals surface area contributed by atoms with E-state index in [1.165, 1.54) is 12.1 Å². The van der Waals surface area contributed by atoms with Gasteiger partial charge in [-0.05, 0) is 49.4 Å². The predicted octanol–water partition coefficient (Wildman–Crippen LogP) is 2.72. The summed E-state index contributed by atoms with van der Waals surface area (Å²) in [6, 6.07) is 4.41. The SMILES string of the molecule is CCOC(=O)c1cc2cc(F)c(C3CC3)cc2[nH]c1=O. The fourth-order valence-electron chi connectivity index (χ4n) is 2.31. The summed E-state index contributed by atoms with van der Waals surface area (Å²) in [5.41, 5.74) is 0.575. The minimum absolute atomic E-state index is 0.0991. The summed E-state index contributed by atoms with van der Waals surface area (Å²) >= 11 is 0. The zero-order chi connectivity index (χ0) is 14.3. The third-order valence-corrected chi connectivity index (χ3v) is 3.47. The van der Waals surface area contributed by atoms with Gasteiger partial charge in [-0.15, -0.1) is 0 Å². The van der Waals surface area contributed by atoms with Gasteiger partial charge in [0.05, 0.1) is 6.61 Å². The zero-order valence-corrected chi connectivity index (χ0v) is 11.0. The highest BCUT2D eigenvalue weighted by Gasteiger charge is 2.27. The number of rotatable bonds is 3. The van der Waals surface area contributed by atoms with Gasteiger partial charge in [0.2, 0.25) is 0 Å². The number of aromatic nitrogens is 1. The van der Waals surface area contributed by atoms with Gasteiger partial charge in [0, 0.05) is 10.9 Å². The van der Waals surface area contributed by atoms with Crippen LogP contribution >= 0.6 is 0 Å². The lowest BCUT2D eigenvalue weighted by Gasteiger charge is -2.06. The lowest BCUT2D eigenvalue weighted by atomic mass is 10.1. The Morgan fingerprint density at radius 3 is 2.80 bits per heavy atom. The molecular weight excluding hydrogens is 261 g/mol. The molecule has 1 aliphatic carbocycles. The molecule has 3 rings (SSSR count). The van der Waals surface area contributed by atoms with Crippen molar-refractivity contribution in [3.8, 4) is 0 Å². The number of hydrogen-bond donors (Lipinski definition) is 1. The average Bonchev–Trinajstić information content (AvgIpc) is 3.22. The lowest BCUT2D eigenvalue weighted by molar-refractivity contribution is 0.0524. The van der Waals surface area contributed by atoms with Crippen LogP contribution in [-0.4, -0.2) is 17.6 Å². The Morgan fingerprint density at radius 2 is 2.15 bits per heavy atom. The normalized spacial score (nSPS) is 14.5. The Bertz CT molecular complexity index is 747. The van der Waals surface area contributed by atoms with Crippen LogP contribution in [0.4, 0.5) is 4.39 Å². The molecular formula is C15H14FNO3. The largest absolute Gasteiger partial charge is 0.462 e. The maximum Gasteiger partial charge on any atom is 0.343 e. The van der Waals surface area contributed by atoms with Crippen molar-refractivity contribution in [2.24, 2.45) is 0 Å². The number of carbonyl (C=O) groups excluding carboxylic acids is 1. The van der Waals surface area contributed by atoms with Gasteiger partial charge in [0.15, 0.2) is 0 Å². The summed E-state index contributed by atoms with van der Waals surface area (Å²) in [7, 11) is 0. The number of pyridine rings is 1. The second-order valence-electron chi connectivity index (χ2n) is 4.97. The van der Waals surface area contributed by atoms with Crippen molar-refractivity contribution in [2.45, 2.75) is 25.7 Å². The molecule has 1 fully saturated rings. The van der Waals surface area contributed by atoms with E-state index < -0.39 is 11.5 Å². The topological polar surface area (TPSA) is 59.2 Å². The maximum absolute atomic E-state index is 14.0. The Labute approximate surface area is 114 Å². The summed E-state index contributed by atoms with van der Waals surface area (Å²) in [6.07, 6.45) is 1.96. The highest BCUT2D eigenvalue weighted by molar-refractivity contribution is 5.93. The number of benzene rings is 1. The third-order valence-electron chi connectivity index (χ3n) is 3.47. The van der Waals surface area contributed by atoms with Crippen molar-refractivity contribution in [2.75, 3.05) is 6.61 Å². The molecule has 2 aromatic rings. The number of halogens is 1. The van der Waals surface area contributed by atoms with E-state index in [2.05, 4.69) is 4.98 Å². The van der Waals surface area contributed by atoms with E-state index in [0.717, 1.165) is 12.8 Å². The number of H-pyrrole nitrogens is 1. The number of hydrogen-bond acceptors (Lipinski definition) is 3. The molecule has 1 aromatic carbocycles. The van der Waals surface area contributed by atoms with E-state index in [0.29, 0.717) is 16.5 Å². The van der Waals surface area contributed by atoms with Crippen LogP contribution in [-0.2, 0) is 4.74 Å². The van der Waals surface area contributed by atoms with Gasteiger partial charge >= 0.3 is 5.97 Å². The minimum Gasteiger partial charge on any atom is -0.462 e. The van der Waals surface area contributed by atoms with E-state index in [9.17, 15) is 14.0 Å². The van der Waals surface area contributed by atoms with Crippen LogP contribution in [0.25, 0.3) is 10.9 Å². The molecule has 1 aromatic heterocycles. The molecule has 0 radical (unpaired) electrons. The first-order valence-electron chi connectivity index (χ1n) is 6.63. The van der Waals surface area contributed by atoms with Gasteiger partial charge in [0.25, 0.3) is 5.56 Å². The third kappa shape index (κ3) is 2.19. The van der Waals surface area contributed by atoms with Crippen molar-refractivity contribution in [1.82, 2.24) is 4.98 Å². The molecule has 1 N–H and O–H groups in total. The highest BCUT2D eigenvalue weighted by Crippen LogP contribution is 2.42. The van der Waals surface area contributed by atoms with E-state index in [-0.39, 0.29) is 23.9 Å². The second-order valence-corrected chi connectivity index (χ2v) is 4.97. The Balaban J connectivity index is 2.13. The van der Waals surface area contributed by atoms with Crippen molar-refractivity contribution in [1.29, 1.82) is 0 Å². The van der Waals surface area contributed by atoms with Gasteiger partial charge in [-0.2, -0.15) is 0 Å². The van der Waals surface area contributed by atoms with Crippen LogP contribution in [0, 0.1) is 5.82 Å². The van der Waals surface area contributed by atoms with Gasteiger partial charge in [0.1, 0.15) is 11.4 Å². The van der Waals surface area contributed by atoms with E-state index in [1.54, 1.807) is 13.0 Å². The summed E-state index contributed by atoms with van der Waals surface area (Å²) in [4.78, 5) is 26.1. The molecule has 0 amide bonds. The van der Waals surface area contributed by atoms with Crippen LogP contribution in [0.3, 0.4) is 0 Å². The minimum atomic E-state index is -0.692. The summed E-state index contributed by atoms with van der Waals surface area (Å²) in [6.45, 7) is 1.85. The lowest BCUT2D eigenvalue weighted by Crippen LogP contribution is -2.19. The molecule has 4 nitrogen and oxygen atoms in total. The Morgan fingerprint density at radius 1 is 1.40 bits per heavy atom. The fraction of sp³-hybridized carbons (Fsp3) is 0.333. The van der Waals surface area contributed by atoms with Gasteiger partial charge in [-0.1, -0.05) is 0 Å². The van der Waals surface area contributed by atoms with E-state index >= 15 is 0 Å². The smallest absolute Gasteiger partial charge is 0.343 e. The average molecular weight is 275 g/mol. The molecule has 1 heterocycles. The Kier molecular flexibility index (Phi) is 3.04. The van der Waals surface area contributed by atoms with Crippen molar-refractivity contribution < 1.29 is 13.9 Å².